The number of pyridine rings is 2. The topological polar surface area (TPSA) is 97.4 Å². The summed E-state index contributed by atoms with van der Waals surface area (Å²) < 4.78 is 38.9. The number of halogens is 3. The Labute approximate surface area is 216 Å². The molecule has 0 aliphatic heterocycles. The zero-order valence-corrected chi connectivity index (χ0v) is 21.7. The lowest BCUT2D eigenvalue weighted by atomic mass is 9.76. The van der Waals surface area contributed by atoms with Crippen LogP contribution >= 0.6 is 0 Å². The third-order valence-electron chi connectivity index (χ3n) is 7.46. The van der Waals surface area contributed by atoms with E-state index in [1.54, 1.807) is 32.0 Å². The summed E-state index contributed by atoms with van der Waals surface area (Å²) in [5.41, 5.74) is 6.25. The Morgan fingerprint density at radius 2 is 1.89 bits per heavy atom. The number of hydrogen-bond acceptors (Lipinski definition) is 6. The molecule has 196 valence electrons. The molecule has 37 heavy (non-hydrogen) atoms. The Bertz CT molecular complexity index is 1190. The van der Waals surface area contributed by atoms with Crippen LogP contribution in [0.1, 0.15) is 81.8 Å². The van der Waals surface area contributed by atoms with Crippen LogP contribution in [0.15, 0.2) is 30.6 Å². The van der Waals surface area contributed by atoms with Crippen LogP contribution < -0.4 is 10.9 Å². The van der Waals surface area contributed by atoms with Crippen molar-refractivity contribution in [3.05, 3.63) is 53.1 Å². The molecule has 9 heteroatoms. The number of hydrazine groups is 1. The normalized spacial score (nSPS) is 17.6. The summed E-state index contributed by atoms with van der Waals surface area (Å²) in [7, 11) is 0. The van der Waals surface area contributed by atoms with Crippen LogP contribution in [-0.4, -0.2) is 21.7 Å². The predicted molar refractivity (Wildman–Crippen MR) is 138 cm³/mol. The Morgan fingerprint density at radius 1 is 1.19 bits per heavy atom. The van der Waals surface area contributed by atoms with Gasteiger partial charge in [0.05, 0.1) is 28.7 Å². The summed E-state index contributed by atoms with van der Waals surface area (Å²) in [6, 6.07) is 8.91. The van der Waals surface area contributed by atoms with Gasteiger partial charge >= 0.3 is 6.18 Å². The quantitative estimate of drug-likeness (QED) is 0.309. The first kappa shape index (κ1) is 28.1. The largest absolute Gasteiger partial charge is 0.408 e. The lowest BCUT2D eigenvalue weighted by Crippen LogP contribution is -2.47. The van der Waals surface area contributed by atoms with E-state index in [2.05, 4.69) is 40.7 Å². The maximum absolute atomic E-state index is 13.0. The van der Waals surface area contributed by atoms with Gasteiger partial charge < -0.3 is 5.43 Å². The van der Waals surface area contributed by atoms with E-state index in [0.29, 0.717) is 39.3 Å². The number of rotatable bonds is 7. The van der Waals surface area contributed by atoms with E-state index in [9.17, 15) is 18.4 Å². The Hall–Kier alpha value is -3.43. The number of allylic oxidation sites excluding steroid dienone is 2. The molecule has 0 amide bonds. The molecule has 0 aromatic carbocycles. The lowest BCUT2D eigenvalue weighted by molar-refractivity contribution is -0.164. The molecule has 0 saturated heterocycles. The van der Waals surface area contributed by atoms with Crippen molar-refractivity contribution in [2.75, 3.05) is 5.43 Å². The molecule has 2 aromatic heterocycles. The predicted octanol–water partition coefficient (Wildman–Crippen LogP) is 6.95. The molecule has 2 N–H and O–H groups in total. The first-order chi connectivity index (χ1) is 17.5. The van der Waals surface area contributed by atoms with E-state index in [1.807, 2.05) is 6.07 Å². The fourth-order valence-corrected chi connectivity index (χ4v) is 4.15. The van der Waals surface area contributed by atoms with Gasteiger partial charge in [0, 0.05) is 17.5 Å². The van der Waals surface area contributed by atoms with Gasteiger partial charge in [-0.05, 0) is 62.3 Å². The molecule has 6 nitrogen and oxygen atoms in total. The van der Waals surface area contributed by atoms with Gasteiger partial charge in [0.25, 0.3) is 0 Å². The number of anilines is 1. The van der Waals surface area contributed by atoms with Crippen molar-refractivity contribution < 1.29 is 13.2 Å². The minimum absolute atomic E-state index is 0.0253. The molecule has 2 heterocycles. The van der Waals surface area contributed by atoms with Gasteiger partial charge in [0.15, 0.2) is 0 Å². The second kappa shape index (κ2) is 11.7. The number of alkyl halides is 3. The number of aromatic nitrogens is 2. The maximum Gasteiger partial charge on any atom is 0.408 e. The van der Waals surface area contributed by atoms with Crippen LogP contribution in [0, 0.1) is 41.4 Å². The van der Waals surface area contributed by atoms with Gasteiger partial charge in [0.2, 0.25) is 0 Å². The minimum atomic E-state index is -4.32. The Balaban J connectivity index is 0.000000405. The molecular weight excluding hydrogens is 477 g/mol. The van der Waals surface area contributed by atoms with E-state index >= 15 is 0 Å². The van der Waals surface area contributed by atoms with Crippen LogP contribution in [0.5, 0.6) is 0 Å². The molecular formula is C28H33F3N6. The van der Waals surface area contributed by atoms with Crippen LogP contribution in [-0.2, 0) is 0 Å². The Kier molecular flexibility index (Phi) is 8.94. The van der Waals surface area contributed by atoms with Crippen molar-refractivity contribution in [1.29, 1.82) is 10.5 Å². The molecule has 2 fully saturated rings. The highest BCUT2D eigenvalue weighted by Gasteiger charge is 2.63. The molecule has 2 aliphatic rings. The SMILES string of the molecule is C/C(=C(/C#N)c1cc(C#N)cnc1C)c1ccc(NNC2(C(F)(F)F)CC2)cn1.CCC(C)C1CCC1. The van der Waals surface area contributed by atoms with Crippen LogP contribution in [0.3, 0.4) is 0 Å². The summed E-state index contributed by atoms with van der Waals surface area (Å²) in [6.45, 7) is 8.13. The smallest absolute Gasteiger partial charge is 0.319 e. The third-order valence-corrected chi connectivity index (χ3v) is 7.46. The number of aryl methyl sites for hydroxylation is 1. The van der Waals surface area contributed by atoms with Gasteiger partial charge in [-0.1, -0.05) is 39.5 Å². The van der Waals surface area contributed by atoms with E-state index in [-0.39, 0.29) is 12.8 Å². The molecule has 1 atom stereocenters. The van der Waals surface area contributed by atoms with E-state index in [1.165, 1.54) is 38.1 Å². The van der Waals surface area contributed by atoms with Gasteiger partial charge in [-0.3, -0.25) is 9.97 Å². The lowest BCUT2D eigenvalue weighted by Gasteiger charge is -2.30. The molecule has 0 spiro atoms. The monoisotopic (exact) mass is 510 g/mol. The van der Waals surface area contributed by atoms with Crippen molar-refractivity contribution in [2.45, 2.75) is 77.9 Å². The van der Waals surface area contributed by atoms with Crippen molar-refractivity contribution >= 4 is 16.8 Å². The minimum Gasteiger partial charge on any atom is -0.319 e. The highest BCUT2D eigenvalue weighted by Crippen LogP contribution is 2.48. The molecule has 2 aromatic rings. The van der Waals surface area contributed by atoms with E-state index in [0.717, 1.165) is 11.8 Å². The molecule has 2 aliphatic carbocycles. The fraction of sp³-hybridized carbons (Fsp3) is 0.500. The molecule has 2 saturated carbocycles. The number of nitriles is 2. The van der Waals surface area contributed by atoms with Crippen molar-refractivity contribution in [3.63, 3.8) is 0 Å². The summed E-state index contributed by atoms with van der Waals surface area (Å²) >= 11 is 0. The van der Waals surface area contributed by atoms with Gasteiger partial charge in [-0.15, -0.1) is 0 Å². The zero-order chi connectivity index (χ0) is 27.2. The summed E-state index contributed by atoms with van der Waals surface area (Å²) in [4.78, 5) is 8.39. The van der Waals surface area contributed by atoms with Crippen LogP contribution in [0.25, 0.3) is 11.1 Å². The molecule has 0 radical (unpaired) electrons. The first-order valence-electron chi connectivity index (χ1n) is 12.6. The Morgan fingerprint density at radius 3 is 2.32 bits per heavy atom. The number of nitrogens with zero attached hydrogens (tertiary/aromatic N) is 4. The first-order valence-corrected chi connectivity index (χ1v) is 12.6. The van der Waals surface area contributed by atoms with Gasteiger partial charge in [-0.2, -0.15) is 23.7 Å². The van der Waals surface area contributed by atoms with Crippen molar-refractivity contribution in [1.82, 2.24) is 15.4 Å². The van der Waals surface area contributed by atoms with Gasteiger partial charge in [0.1, 0.15) is 17.7 Å². The van der Waals surface area contributed by atoms with Gasteiger partial charge in [-0.25, -0.2) is 5.43 Å². The highest BCUT2D eigenvalue weighted by atomic mass is 19.4. The average Bonchev–Trinajstić information content (AvgIpc) is 3.65. The fourth-order valence-electron chi connectivity index (χ4n) is 4.15. The molecule has 0 bridgehead atoms. The summed E-state index contributed by atoms with van der Waals surface area (Å²) in [6.07, 6.45) is 4.45. The standard InChI is InChI=1S/C20H17F3N6.C8H16/c1-12(17(9-25)16-7-14(8-24)10-26-13(16)2)18-4-3-15(11-27-18)28-29-19(5-6-19)20(21,22)23;1-3-7(2)8-5-4-6-8/h3-4,7,10-11,28-29H,5-6H2,1-2H3;7-8H,3-6H2,1-2H3/b17-12+;. The summed E-state index contributed by atoms with van der Waals surface area (Å²) in [5.74, 6) is 2.10. The second-order valence-electron chi connectivity index (χ2n) is 9.92. The van der Waals surface area contributed by atoms with Crippen molar-refractivity contribution in [3.8, 4) is 12.1 Å². The van der Waals surface area contributed by atoms with Crippen molar-refractivity contribution in [2.24, 2.45) is 11.8 Å². The van der Waals surface area contributed by atoms with E-state index in [4.69, 9.17) is 5.26 Å². The zero-order valence-electron chi connectivity index (χ0n) is 21.7. The maximum atomic E-state index is 13.0. The third kappa shape index (κ3) is 6.67. The number of nitrogens with one attached hydrogen (secondary N) is 2. The highest BCUT2D eigenvalue weighted by molar-refractivity contribution is 5.96. The molecule has 4 rings (SSSR count). The average molecular weight is 511 g/mol. The van der Waals surface area contributed by atoms with Crippen LogP contribution in [0.4, 0.5) is 18.9 Å². The second-order valence-corrected chi connectivity index (χ2v) is 9.92. The number of hydrogen-bond donors (Lipinski definition) is 2. The van der Waals surface area contributed by atoms with Crippen LogP contribution in [0.2, 0.25) is 0 Å². The van der Waals surface area contributed by atoms with E-state index < -0.39 is 11.7 Å². The molecule has 1 unspecified atom stereocenters. The summed E-state index contributed by atoms with van der Waals surface area (Å²) in [5, 5.41) is 18.7.